The van der Waals surface area contributed by atoms with Crippen molar-refractivity contribution in [3.8, 4) is 0 Å². The smallest absolute Gasteiger partial charge is 0.273 e. The normalized spacial score (nSPS) is 20.3. The summed E-state index contributed by atoms with van der Waals surface area (Å²) in [6, 6.07) is 8.80. The van der Waals surface area contributed by atoms with E-state index in [4.69, 9.17) is 0 Å². The number of guanidine groups is 1. The molecule has 0 aromatic heterocycles. The maximum absolute atomic E-state index is 11.8. The Balaban J connectivity index is 2.48. The van der Waals surface area contributed by atoms with Crippen LogP contribution in [-0.4, -0.2) is 16.8 Å². The Morgan fingerprint density at radius 1 is 1.35 bits per heavy atom. The molecule has 104 valence electrons. The van der Waals surface area contributed by atoms with Gasteiger partial charge in [0.15, 0.2) is 10.8 Å². The highest BCUT2D eigenvalue weighted by atomic mass is 16.7. The standard InChI is InChI=1S/C13H14N4O3/c1-8-11(9(2)18)12(10-6-4-3-5-7-10)15-13(14-8)16-17(19)20/h3-7,12H,1-2H3,(H2,14,15,16)/t12-/m1/s1. The van der Waals surface area contributed by atoms with Crippen molar-refractivity contribution >= 4 is 11.7 Å². The Bertz CT molecular complexity index is 607. The quantitative estimate of drug-likeness (QED) is 0.640. The van der Waals surface area contributed by atoms with Gasteiger partial charge >= 0.3 is 0 Å². The molecule has 1 heterocycles. The number of hydrazone groups is 1. The number of rotatable bonds is 3. The van der Waals surface area contributed by atoms with Gasteiger partial charge in [0.25, 0.3) is 5.96 Å². The fourth-order valence-corrected chi connectivity index (χ4v) is 2.20. The van der Waals surface area contributed by atoms with E-state index in [2.05, 4.69) is 15.7 Å². The molecule has 1 aliphatic heterocycles. The van der Waals surface area contributed by atoms with E-state index < -0.39 is 11.1 Å². The molecule has 0 spiro atoms. The van der Waals surface area contributed by atoms with Crippen LogP contribution in [0.4, 0.5) is 0 Å². The minimum Gasteiger partial charge on any atom is -0.340 e. The first-order valence-electron chi connectivity index (χ1n) is 6.02. The highest BCUT2D eigenvalue weighted by Crippen LogP contribution is 2.26. The second-order valence-corrected chi connectivity index (χ2v) is 4.39. The van der Waals surface area contributed by atoms with Crippen LogP contribution in [0.3, 0.4) is 0 Å². The summed E-state index contributed by atoms with van der Waals surface area (Å²) in [4.78, 5) is 22.3. The molecule has 0 fully saturated rings. The summed E-state index contributed by atoms with van der Waals surface area (Å²) < 4.78 is 0. The number of hydrogen-bond acceptors (Lipinski definition) is 3. The number of nitro groups is 1. The van der Waals surface area contributed by atoms with Crippen LogP contribution < -0.4 is 10.6 Å². The molecule has 0 aliphatic carbocycles. The molecule has 0 saturated carbocycles. The van der Waals surface area contributed by atoms with Crippen molar-refractivity contribution in [2.24, 2.45) is 5.10 Å². The molecule has 2 N–H and O–H groups in total. The first-order valence-corrected chi connectivity index (χ1v) is 6.02. The van der Waals surface area contributed by atoms with Gasteiger partial charge in [-0.1, -0.05) is 30.3 Å². The topological polar surface area (TPSA) is 96.6 Å². The molecule has 1 aromatic carbocycles. The maximum Gasteiger partial charge on any atom is 0.273 e. The Morgan fingerprint density at radius 2 is 2.00 bits per heavy atom. The lowest BCUT2D eigenvalue weighted by Crippen LogP contribution is -2.46. The molecule has 0 radical (unpaired) electrons. The van der Waals surface area contributed by atoms with Gasteiger partial charge in [-0.15, -0.1) is 0 Å². The zero-order valence-corrected chi connectivity index (χ0v) is 11.1. The molecule has 1 aliphatic rings. The van der Waals surface area contributed by atoms with Gasteiger partial charge in [-0.05, 0) is 19.4 Å². The van der Waals surface area contributed by atoms with Crippen LogP contribution in [-0.2, 0) is 4.79 Å². The van der Waals surface area contributed by atoms with Crippen LogP contribution in [0.15, 0.2) is 46.7 Å². The van der Waals surface area contributed by atoms with Crippen LogP contribution in [0.2, 0.25) is 0 Å². The number of nitrogens with one attached hydrogen (secondary N) is 2. The van der Waals surface area contributed by atoms with Gasteiger partial charge < -0.3 is 10.6 Å². The lowest BCUT2D eigenvalue weighted by atomic mass is 9.93. The summed E-state index contributed by atoms with van der Waals surface area (Å²) in [6.07, 6.45) is 0. The minimum absolute atomic E-state index is 0.0198. The fourth-order valence-electron chi connectivity index (χ4n) is 2.20. The van der Waals surface area contributed by atoms with Crippen LogP contribution in [0.25, 0.3) is 0 Å². The number of ketones is 1. The highest BCUT2D eigenvalue weighted by Gasteiger charge is 2.29. The van der Waals surface area contributed by atoms with Gasteiger partial charge in [-0.3, -0.25) is 4.79 Å². The molecule has 1 aromatic rings. The number of nitrogens with zero attached hydrogens (tertiary/aromatic N) is 2. The summed E-state index contributed by atoms with van der Waals surface area (Å²) in [5.74, 6) is -0.0807. The average Bonchev–Trinajstić information content (AvgIpc) is 2.37. The van der Waals surface area contributed by atoms with Gasteiger partial charge in [0, 0.05) is 11.3 Å². The number of Topliss-reactive ketones (excluding diaryl/α,β-unsaturated/α-hetero) is 1. The number of allylic oxidation sites excluding steroid dienone is 1. The molecular formula is C13H14N4O3. The lowest BCUT2D eigenvalue weighted by Gasteiger charge is -2.29. The molecule has 7 nitrogen and oxygen atoms in total. The molecule has 0 saturated heterocycles. The van der Waals surface area contributed by atoms with Gasteiger partial charge in [0.2, 0.25) is 0 Å². The van der Waals surface area contributed by atoms with E-state index in [1.807, 2.05) is 30.3 Å². The van der Waals surface area contributed by atoms with E-state index in [9.17, 15) is 14.9 Å². The zero-order chi connectivity index (χ0) is 14.7. The Kier molecular flexibility index (Phi) is 3.79. The fraction of sp³-hybridized carbons (Fsp3) is 0.231. The maximum atomic E-state index is 11.8. The third-order valence-electron chi connectivity index (χ3n) is 2.97. The zero-order valence-electron chi connectivity index (χ0n) is 11.1. The predicted molar refractivity (Wildman–Crippen MR) is 73.3 cm³/mol. The Labute approximate surface area is 115 Å². The SMILES string of the molecule is CC(=O)C1=C(C)N/C(=N\[N+](=O)[O-])N[C@@H]1c1ccccc1. The van der Waals surface area contributed by atoms with Gasteiger partial charge in [-0.25, -0.2) is 10.1 Å². The molecule has 1 atom stereocenters. The van der Waals surface area contributed by atoms with Crippen molar-refractivity contribution in [1.29, 1.82) is 0 Å². The van der Waals surface area contributed by atoms with Crippen LogP contribution in [0, 0.1) is 10.1 Å². The van der Waals surface area contributed by atoms with E-state index in [0.717, 1.165) is 5.56 Å². The minimum atomic E-state index is -0.788. The van der Waals surface area contributed by atoms with Crippen molar-refractivity contribution in [3.63, 3.8) is 0 Å². The van der Waals surface area contributed by atoms with E-state index >= 15 is 0 Å². The van der Waals surface area contributed by atoms with Crippen molar-refractivity contribution in [2.75, 3.05) is 0 Å². The summed E-state index contributed by atoms with van der Waals surface area (Å²) >= 11 is 0. The average molecular weight is 274 g/mol. The summed E-state index contributed by atoms with van der Waals surface area (Å²) in [5, 5.41) is 18.5. The second-order valence-electron chi connectivity index (χ2n) is 4.39. The molecule has 7 heteroatoms. The van der Waals surface area contributed by atoms with Crippen LogP contribution in [0.1, 0.15) is 25.5 Å². The molecule has 0 unspecified atom stereocenters. The lowest BCUT2D eigenvalue weighted by molar-refractivity contribution is -0.485. The van der Waals surface area contributed by atoms with Crippen LogP contribution in [0.5, 0.6) is 0 Å². The summed E-state index contributed by atoms with van der Waals surface area (Å²) in [7, 11) is 0. The molecule has 20 heavy (non-hydrogen) atoms. The van der Waals surface area contributed by atoms with Crippen LogP contribution >= 0.6 is 0 Å². The first kappa shape index (κ1) is 13.7. The number of benzene rings is 1. The van der Waals surface area contributed by atoms with Gasteiger partial charge in [0.05, 0.1) is 6.04 Å². The van der Waals surface area contributed by atoms with Crippen molar-refractivity contribution in [2.45, 2.75) is 19.9 Å². The summed E-state index contributed by atoms with van der Waals surface area (Å²) in [6.45, 7) is 3.16. The van der Waals surface area contributed by atoms with Gasteiger partial charge in [0.1, 0.15) is 5.10 Å². The van der Waals surface area contributed by atoms with E-state index in [1.54, 1.807) is 6.92 Å². The van der Waals surface area contributed by atoms with Gasteiger partial charge in [-0.2, -0.15) is 0 Å². The van der Waals surface area contributed by atoms with E-state index in [1.165, 1.54) is 6.92 Å². The van der Waals surface area contributed by atoms with E-state index in [0.29, 0.717) is 11.3 Å². The second kappa shape index (κ2) is 5.52. The number of hydrogen-bond donors (Lipinski definition) is 2. The number of carbonyl (C=O) groups excluding carboxylic acids is 1. The molecular weight excluding hydrogens is 260 g/mol. The first-order chi connectivity index (χ1) is 9.49. The largest absolute Gasteiger partial charge is 0.340 e. The third-order valence-corrected chi connectivity index (χ3v) is 2.97. The van der Waals surface area contributed by atoms with Crippen molar-refractivity contribution in [1.82, 2.24) is 10.6 Å². The van der Waals surface area contributed by atoms with Crippen molar-refractivity contribution < 1.29 is 9.83 Å². The monoisotopic (exact) mass is 274 g/mol. The number of carbonyl (C=O) groups is 1. The Morgan fingerprint density at radius 3 is 2.55 bits per heavy atom. The summed E-state index contributed by atoms with van der Waals surface area (Å²) in [5.41, 5.74) is 1.94. The third kappa shape index (κ3) is 2.82. The van der Waals surface area contributed by atoms with Crippen molar-refractivity contribution in [3.05, 3.63) is 57.3 Å². The molecule has 0 bridgehead atoms. The predicted octanol–water partition coefficient (Wildman–Crippen LogP) is 1.33. The Hall–Kier alpha value is -2.70. The molecule has 0 amide bonds. The highest BCUT2D eigenvalue weighted by molar-refractivity contribution is 5.99. The molecule has 2 rings (SSSR count). The van der Waals surface area contributed by atoms with E-state index in [-0.39, 0.29) is 11.7 Å².